The maximum absolute atomic E-state index is 12.4. The highest BCUT2D eigenvalue weighted by atomic mass is 16.8. The quantitative estimate of drug-likeness (QED) is 0.304. The van der Waals surface area contributed by atoms with Gasteiger partial charge in [0.05, 0.1) is 6.33 Å². The summed E-state index contributed by atoms with van der Waals surface area (Å²) < 4.78 is 30.9. The van der Waals surface area contributed by atoms with Gasteiger partial charge in [-0.3, -0.25) is 9.88 Å². The fourth-order valence-electron chi connectivity index (χ4n) is 4.78. The van der Waals surface area contributed by atoms with Crippen LogP contribution in [0.15, 0.2) is 12.7 Å². The number of aliphatic carboxylic acids is 1. The molecule has 2 aromatic heterocycles. The minimum absolute atomic E-state index is 0.109. The first-order valence-electron chi connectivity index (χ1n) is 14.0. The molecule has 0 aliphatic carbocycles. The minimum atomic E-state index is -1.17. The van der Waals surface area contributed by atoms with Gasteiger partial charge in [0.15, 0.2) is 29.0 Å². The first kappa shape index (κ1) is 32.3. The number of anilines is 1. The molecule has 2 aliphatic rings. The van der Waals surface area contributed by atoms with E-state index < -0.39 is 65.7 Å². The lowest BCUT2D eigenvalue weighted by Crippen LogP contribution is -2.45. The fourth-order valence-corrected chi connectivity index (χ4v) is 4.78. The normalized spacial score (nSPS) is 23.9. The van der Waals surface area contributed by atoms with Crippen LogP contribution < -0.4 is 16.0 Å². The van der Waals surface area contributed by atoms with E-state index in [2.05, 4.69) is 30.9 Å². The summed E-state index contributed by atoms with van der Waals surface area (Å²) in [6.07, 6.45) is -0.651. The van der Waals surface area contributed by atoms with Gasteiger partial charge in [-0.25, -0.2) is 29.3 Å². The summed E-state index contributed by atoms with van der Waals surface area (Å²) >= 11 is 0. The number of imidazole rings is 1. The lowest BCUT2D eigenvalue weighted by molar-refractivity contribution is -0.195. The molecule has 0 spiro atoms. The molecule has 5 atom stereocenters. The Morgan fingerprint density at radius 1 is 1.02 bits per heavy atom. The molecule has 0 saturated carbocycles. The fraction of sp³-hybridized carbons (Fsp3) is 0.704. The van der Waals surface area contributed by atoms with Crippen LogP contribution in [0.25, 0.3) is 11.2 Å². The number of hydrogen-bond acceptors (Lipinski definition) is 12. The second-order valence-electron chi connectivity index (χ2n) is 12.8. The van der Waals surface area contributed by atoms with Crippen molar-refractivity contribution < 1.29 is 43.2 Å². The van der Waals surface area contributed by atoms with Crippen molar-refractivity contribution in [3.8, 4) is 0 Å². The van der Waals surface area contributed by atoms with Crippen molar-refractivity contribution in [2.45, 2.75) is 109 Å². The van der Waals surface area contributed by atoms with Gasteiger partial charge in [-0.05, 0) is 68.4 Å². The molecule has 16 heteroatoms. The third-order valence-corrected chi connectivity index (χ3v) is 6.32. The van der Waals surface area contributed by atoms with Crippen LogP contribution in [0.5, 0.6) is 0 Å². The summed E-state index contributed by atoms with van der Waals surface area (Å²) in [6, 6.07) is -1.14. The number of ether oxygens (including phenoxy) is 5. The van der Waals surface area contributed by atoms with Crippen molar-refractivity contribution in [3.63, 3.8) is 0 Å². The number of carbonyl (C=O) groups excluding carboxylic acids is 2. The van der Waals surface area contributed by atoms with Crippen LogP contribution in [-0.4, -0.2) is 97.2 Å². The van der Waals surface area contributed by atoms with Gasteiger partial charge in [-0.2, -0.15) is 0 Å². The standard InChI is InChI=1S/C27H41N7O9/c1-25(2,3)42-23(37)32-14(22(35)36)9-10-28-11-15-17-18(41-27(7,8)40-17)21(39-15)34-13-31-16-19(29-12-30-20(16)34)33-24(38)43-26(4,5)6/h12-15,17-18,21,28H,9-11H2,1-8H3,(H,32,37)(H,35,36)(H,29,30,33,38)/t14-,15+,17+,18+,21+/m0/s1. The molecule has 4 rings (SSSR count). The Kier molecular flexibility index (Phi) is 9.16. The molecule has 2 aromatic rings. The molecule has 238 valence electrons. The number of carboxylic acid groups (broad SMARTS) is 1. The number of fused-ring (bicyclic) bond motifs is 2. The van der Waals surface area contributed by atoms with Crippen LogP contribution >= 0.6 is 0 Å². The van der Waals surface area contributed by atoms with E-state index in [9.17, 15) is 19.5 Å². The van der Waals surface area contributed by atoms with E-state index in [0.717, 1.165) is 0 Å². The van der Waals surface area contributed by atoms with E-state index in [1.165, 1.54) is 12.7 Å². The summed E-state index contributed by atoms with van der Waals surface area (Å²) in [4.78, 5) is 49.0. The molecule has 0 unspecified atom stereocenters. The van der Waals surface area contributed by atoms with E-state index in [1.54, 1.807) is 46.1 Å². The third kappa shape index (κ3) is 8.28. The van der Waals surface area contributed by atoms with Crippen LogP contribution in [0, 0.1) is 0 Å². The highest BCUT2D eigenvalue weighted by Gasteiger charge is 2.56. The van der Waals surface area contributed by atoms with E-state index in [4.69, 9.17) is 23.7 Å². The van der Waals surface area contributed by atoms with Gasteiger partial charge in [0, 0.05) is 6.54 Å². The molecule has 4 heterocycles. The van der Waals surface area contributed by atoms with E-state index >= 15 is 0 Å². The summed E-state index contributed by atoms with van der Waals surface area (Å²) in [5.41, 5.74) is -0.700. The van der Waals surface area contributed by atoms with Gasteiger partial charge in [0.25, 0.3) is 0 Å². The molecular formula is C27H41N7O9. The SMILES string of the molecule is CC(C)(C)OC(=O)Nc1ncnc2c1ncn2[C@@H]1O[C@H](CNCC[C@H](NC(=O)OC(C)(C)C)C(=O)O)[C@H]2OC(C)(C)O[C@H]21. The van der Waals surface area contributed by atoms with Crippen LogP contribution in [-0.2, 0) is 28.5 Å². The molecule has 2 aliphatic heterocycles. The number of carboxylic acids is 1. The Morgan fingerprint density at radius 3 is 2.33 bits per heavy atom. The second-order valence-corrected chi connectivity index (χ2v) is 12.8. The maximum atomic E-state index is 12.4. The van der Waals surface area contributed by atoms with Crippen LogP contribution in [0.3, 0.4) is 0 Å². The average molecular weight is 608 g/mol. The summed E-state index contributed by atoms with van der Waals surface area (Å²) in [5, 5.41) is 17.7. The molecule has 2 amide bonds. The summed E-state index contributed by atoms with van der Waals surface area (Å²) in [6.45, 7) is 14.5. The molecule has 43 heavy (non-hydrogen) atoms. The van der Waals surface area contributed by atoms with Gasteiger partial charge < -0.3 is 39.4 Å². The lowest BCUT2D eigenvalue weighted by Gasteiger charge is -2.25. The average Bonchev–Trinajstić information content (AvgIpc) is 3.50. The van der Waals surface area contributed by atoms with Crippen LogP contribution in [0.2, 0.25) is 0 Å². The zero-order valence-electron chi connectivity index (χ0n) is 25.7. The molecule has 2 saturated heterocycles. The number of nitrogens with zero attached hydrogens (tertiary/aromatic N) is 4. The molecule has 2 fully saturated rings. The number of nitrogens with one attached hydrogen (secondary N) is 3. The van der Waals surface area contributed by atoms with Crippen molar-refractivity contribution in [1.29, 1.82) is 0 Å². The highest BCUT2D eigenvalue weighted by molar-refractivity contribution is 5.93. The Labute approximate surface area is 249 Å². The van der Waals surface area contributed by atoms with Crippen molar-refractivity contribution in [3.05, 3.63) is 12.7 Å². The summed E-state index contributed by atoms with van der Waals surface area (Å²) in [7, 11) is 0. The number of alkyl carbamates (subject to hydrolysis) is 1. The molecular weight excluding hydrogens is 566 g/mol. The van der Waals surface area contributed by atoms with E-state index in [1.807, 2.05) is 13.8 Å². The Hall–Kier alpha value is -3.60. The number of rotatable bonds is 9. The Morgan fingerprint density at radius 2 is 1.67 bits per heavy atom. The molecule has 0 aromatic carbocycles. The third-order valence-electron chi connectivity index (χ3n) is 6.32. The van der Waals surface area contributed by atoms with Gasteiger partial charge in [-0.1, -0.05) is 0 Å². The van der Waals surface area contributed by atoms with Gasteiger partial charge in [0.1, 0.15) is 41.9 Å². The van der Waals surface area contributed by atoms with E-state index in [0.29, 0.717) is 17.7 Å². The first-order chi connectivity index (χ1) is 19.9. The Bertz CT molecular complexity index is 1330. The minimum Gasteiger partial charge on any atom is -0.480 e. The number of hydrogen-bond donors (Lipinski definition) is 4. The molecule has 16 nitrogen and oxygen atoms in total. The largest absolute Gasteiger partial charge is 0.480 e. The predicted octanol–water partition coefficient (Wildman–Crippen LogP) is 2.55. The lowest BCUT2D eigenvalue weighted by atomic mass is 10.1. The smallest absolute Gasteiger partial charge is 0.413 e. The molecule has 0 radical (unpaired) electrons. The van der Waals surface area contributed by atoms with Crippen molar-refractivity contribution in [1.82, 2.24) is 30.2 Å². The Balaban J connectivity index is 1.43. The number of aromatic nitrogens is 4. The monoisotopic (exact) mass is 607 g/mol. The van der Waals surface area contributed by atoms with Gasteiger partial charge in [0.2, 0.25) is 0 Å². The zero-order chi connectivity index (χ0) is 31.7. The topological polar surface area (TPSA) is 197 Å². The zero-order valence-corrected chi connectivity index (χ0v) is 25.7. The van der Waals surface area contributed by atoms with Gasteiger partial charge in [-0.15, -0.1) is 0 Å². The predicted molar refractivity (Wildman–Crippen MR) is 151 cm³/mol. The van der Waals surface area contributed by atoms with Crippen LogP contribution in [0.1, 0.15) is 68.0 Å². The number of amides is 2. The van der Waals surface area contributed by atoms with Crippen molar-refractivity contribution in [2.24, 2.45) is 0 Å². The number of carbonyl (C=O) groups is 3. The van der Waals surface area contributed by atoms with Crippen molar-refractivity contribution >= 4 is 35.1 Å². The maximum Gasteiger partial charge on any atom is 0.413 e. The van der Waals surface area contributed by atoms with Gasteiger partial charge >= 0.3 is 18.2 Å². The van der Waals surface area contributed by atoms with E-state index in [-0.39, 0.29) is 18.8 Å². The first-order valence-corrected chi connectivity index (χ1v) is 14.0. The molecule has 0 bridgehead atoms. The van der Waals surface area contributed by atoms with Crippen molar-refractivity contribution in [2.75, 3.05) is 18.4 Å². The second kappa shape index (κ2) is 12.2. The molecule has 4 N–H and O–H groups in total. The highest BCUT2D eigenvalue weighted by Crippen LogP contribution is 2.43. The van der Waals surface area contributed by atoms with Crippen LogP contribution in [0.4, 0.5) is 15.4 Å². The summed E-state index contributed by atoms with van der Waals surface area (Å²) in [5.74, 6) is -1.87.